The maximum atomic E-state index is 12.2. The lowest BCUT2D eigenvalue weighted by Crippen LogP contribution is -2.45. The molecule has 0 amide bonds. The number of fused-ring (bicyclic) bond motifs is 1. The summed E-state index contributed by atoms with van der Waals surface area (Å²) in [6.07, 6.45) is 29.9. The fourth-order valence-electron chi connectivity index (χ4n) is 4.41. The second-order valence-electron chi connectivity index (χ2n) is 9.28. The zero-order chi connectivity index (χ0) is 30.0. The van der Waals surface area contributed by atoms with Gasteiger partial charge in [0.25, 0.3) is 0 Å². The first-order valence-electron chi connectivity index (χ1n) is 13.7. The largest absolute Gasteiger partial charge is 0.495 e. The maximum absolute atomic E-state index is 12.2. The first kappa shape index (κ1) is 33.7. The van der Waals surface area contributed by atoms with Crippen molar-refractivity contribution in [3.05, 3.63) is 96.1 Å². The third-order valence-electron chi connectivity index (χ3n) is 6.31. The number of aromatic nitrogens is 2. The van der Waals surface area contributed by atoms with Crippen molar-refractivity contribution in [1.82, 2.24) is 19.9 Å². The van der Waals surface area contributed by atoms with Crippen LogP contribution in [0.4, 0.5) is 4.39 Å². The maximum Gasteiger partial charge on any atom is 0.157 e. The van der Waals surface area contributed by atoms with Crippen LogP contribution in [0.3, 0.4) is 0 Å². The van der Waals surface area contributed by atoms with Gasteiger partial charge in [0.05, 0.1) is 44.6 Å². The normalized spacial score (nSPS) is 21.6. The molecule has 3 aliphatic rings. The Morgan fingerprint density at radius 1 is 1.34 bits per heavy atom. The predicted molar refractivity (Wildman–Crippen MR) is 161 cm³/mol. The minimum Gasteiger partial charge on any atom is -0.495 e. The Kier molecular flexibility index (Phi) is 15.4. The van der Waals surface area contributed by atoms with Crippen LogP contribution in [-0.2, 0) is 14.3 Å². The van der Waals surface area contributed by atoms with Crippen molar-refractivity contribution in [2.75, 3.05) is 33.5 Å². The molecule has 1 aromatic rings. The predicted octanol–water partition coefficient (Wildman–Crippen LogP) is 5.35. The highest BCUT2D eigenvalue weighted by Crippen LogP contribution is 2.29. The van der Waals surface area contributed by atoms with Crippen LogP contribution in [0.15, 0.2) is 90.4 Å². The molecule has 222 valence electrons. The summed E-state index contributed by atoms with van der Waals surface area (Å²) < 4.78 is 25.2. The van der Waals surface area contributed by atoms with Crippen LogP contribution in [-0.4, -0.2) is 65.4 Å². The lowest BCUT2D eigenvalue weighted by Gasteiger charge is -2.32. The number of aliphatic hydroxyl groups is 1. The van der Waals surface area contributed by atoms with E-state index in [1.807, 2.05) is 35.9 Å². The first-order chi connectivity index (χ1) is 20.0. The van der Waals surface area contributed by atoms with Crippen LogP contribution in [0, 0.1) is 19.8 Å². The third-order valence-corrected chi connectivity index (χ3v) is 6.31. The van der Waals surface area contributed by atoms with E-state index >= 15 is 0 Å². The van der Waals surface area contributed by atoms with E-state index in [1.165, 1.54) is 11.6 Å². The fraction of sp³-hybridized carbons (Fsp3) is 0.406. The molecule has 0 spiro atoms. The van der Waals surface area contributed by atoms with E-state index in [0.29, 0.717) is 25.4 Å². The summed E-state index contributed by atoms with van der Waals surface area (Å²) >= 11 is 0. The molecule has 1 aromatic heterocycles. The number of nitrogens with one attached hydrogen (secondary N) is 1. The van der Waals surface area contributed by atoms with Gasteiger partial charge in [-0.3, -0.25) is 9.74 Å². The van der Waals surface area contributed by atoms with Crippen LogP contribution in [0.5, 0.6) is 0 Å². The lowest BCUT2D eigenvalue weighted by molar-refractivity contribution is -0.0684. The molecule has 8 nitrogen and oxygen atoms in total. The van der Waals surface area contributed by atoms with E-state index in [9.17, 15) is 4.39 Å². The van der Waals surface area contributed by atoms with Crippen LogP contribution >= 0.6 is 0 Å². The zero-order valence-corrected chi connectivity index (χ0v) is 24.3. The molecule has 41 heavy (non-hydrogen) atoms. The molecule has 0 bridgehead atoms. The Balaban J connectivity index is 0.000000500. The molecule has 3 heterocycles. The molecule has 2 atom stereocenters. The molecule has 2 aliphatic heterocycles. The molecular formula is C32H43FN4O4. The van der Waals surface area contributed by atoms with Crippen molar-refractivity contribution in [3.63, 3.8) is 0 Å². The number of hydrogen-bond donors (Lipinski definition) is 2. The van der Waals surface area contributed by atoms with Gasteiger partial charge in [-0.25, -0.2) is 9.37 Å². The van der Waals surface area contributed by atoms with Gasteiger partial charge in [-0.15, -0.1) is 12.8 Å². The van der Waals surface area contributed by atoms with Gasteiger partial charge in [-0.1, -0.05) is 50.0 Å². The van der Waals surface area contributed by atoms with Gasteiger partial charge in [-0.05, 0) is 49.5 Å². The smallest absolute Gasteiger partial charge is 0.157 e. The quantitative estimate of drug-likeness (QED) is 0.171. The van der Waals surface area contributed by atoms with Gasteiger partial charge >= 0.3 is 0 Å². The van der Waals surface area contributed by atoms with Crippen LogP contribution in [0.1, 0.15) is 38.3 Å². The minimum atomic E-state index is -0.159. The van der Waals surface area contributed by atoms with E-state index in [4.69, 9.17) is 19.4 Å². The highest BCUT2D eigenvalue weighted by molar-refractivity contribution is 5.61. The van der Waals surface area contributed by atoms with E-state index in [-0.39, 0.29) is 24.8 Å². The highest BCUT2D eigenvalue weighted by Gasteiger charge is 2.38. The molecule has 2 fully saturated rings. The SMILES string of the molecule is C#C.C=C(\C(=C/C(=C\CC)/C=C1\CCCN2C1NO[C@H]2COCCO)OC)n1cnc(C)c1.FC1=CC=CC=CC1. The van der Waals surface area contributed by atoms with Crippen molar-refractivity contribution in [1.29, 1.82) is 0 Å². The number of imidazole rings is 1. The number of ether oxygens (including phenoxy) is 2. The summed E-state index contributed by atoms with van der Waals surface area (Å²) in [5, 5.41) is 8.93. The van der Waals surface area contributed by atoms with Gasteiger partial charge < -0.3 is 19.1 Å². The average molecular weight is 567 g/mol. The number of nitrogens with zero attached hydrogens (tertiary/aromatic N) is 3. The summed E-state index contributed by atoms with van der Waals surface area (Å²) in [4.78, 5) is 12.3. The lowest BCUT2D eigenvalue weighted by atomic mass is 9.98. The number of aliphatic hydroxyl groups excluding tert-OH is 1. The summed E-state index contributed by atoms with van der Waals surface area (Å²) in [6, 6.07) is 0. The van der Waals surface area contributed by atoms with E-state index < -0.39 is 0 Å². The number of allylic oxidation sites excluding steroid dienone is 11. The molecule has 9 heteroatoms. The summed E-state index contributed by atoms with van der Waals surface area (Å²) in [5.41, 5.74) is 7.14. The molecule has 2 N–H and O–H groups in total. The first-order valence-corrected chi connectivity index (χ1v) is 13.7. The summed E-state index contributed by atoms with van der Waals surface area (Å²) in [6.45, 7) is 9.92. The number of piperidine rings is 1. The van der Waals surface area contributed by atoms with Crippen molar-refractivity contribution in [3.8, 4) is 12.8 Å². The van der Waals surface area contributed by atoms with Gasteiger partial charge in [0.15, 0.2) is 6.23 Å². The number of aryl methyl sites for hydroxylation is 1. The van der Waals surface area contributed by atoms with Crippen molar-refractivity contribution in [2.45, 2.75) is 51.9 Å². The second-order valence-corrected chi connectivity index (χ2v) is 9.28. The molecule has 0 saturated carbocycles. The highest BCUT2D eigenvalue weighted by atomic mass is 19.1. The number of methoxy groups -OCH3 is 1. The number of terminal acetylenes is 1. The topological polar surface area (TPSA) is 81.0 Å². The molecule has 0 radical (unpaired) electrons. The average Bonchev–Trinajstić information content (AvgIpc) is 3.53. The summed E-state index contributed by atoms with van der Waals surface area (Å²) in [5.74, 6) is 0.613. The Labute approximate surface area is 243 Å². The second kappa shape index (κ2) is 18.8. The van der Waals surface area contributed by atoms with Crippen molar-refractivity contribution in [2.24, 2.45) is 0 Å². The number of halogens is 1. The van der Waals surface area contributed by atoms with Gasteiger partial charge in [-0.2, -0.15) is 5.48 Å². The molecule has 4 rings (SSSR count). The van der Waals surface area contributed by atoms with Crippen molar-refractivity contribution >= 4 is 5.70 Å². The fourth-order valence-corrected chi connectivity index (χ4v) is 4.41. The zero-order valence-electron chi connectivity index (χ0n) is 24.3. The van der Waals surface area contributed by atoms with E-state index in [0.717, 1.165) is 42.8 Å². The Hall–Kier alpha value is -3.52. The van der Waals surface area contributed by atoms with E-state index in [2.05, 4.69) is 53.9 Å². The molecule has 1 unspecified atom stereocenters. The van der Waals surface area contributed by atoms with Gasteiger partial charge in [0.1, 0.15) is 17.8 Å². The third kappa shape index (κ3) is 10.8. The van der Waals surface area contributed by atoms with Crippen molar-refractivity contribution < 1.29 is 23.8 Å². The Morgan fingerprint density at radius 2 is 2.15 bits per heavy atom. The minimum absolute atomic E-state index is 0.00984. The van der Waals surface area contributed by atoms with Crippen LogP contribution < -0.4 is 5.48 Å². The van der Waals surface area contributed by atoms with E-state index in [1.54, 1.807) is 25.6 Å². The van der Waals surface area contributed by atoms with Gasteiger partial charge in [0, 0.05) is 19.2 Å². The monoisotopic (exact) mass is 566 g/mol. The number of rotatable bonds is 10. The number of hydrogen-bond acceptors (Lipinski definition) is 7. The summed E-state index contributed by atoms with van der Waals surface area (Å²) in [7, 11) is 1.66. The Bertz CT molecular complexity index is 1180. The molecular weight excluding hydrogens is 523 g/mol. The van der Waals surface area contributed by atoms with Crippen LogP contribution in [0.25, 0.3) is 5.70 Å². The Morgan fingerprint density at radius 3 is 2.83 bits per heavy atom. The standard InChI is InChI=1S/C23H34N4O4.C7H7F.C2H2/c1-5-7-19(13-21(29-4)18(3)26-14-17(2)24-16-26)12-20-8-6-9-27-22(15-30-11-10-28)31-25-23(20)27;8-7-5-3-1-2-4-6-7;1-2/h7,12-14,16,22-23,25,28H,3,5-6,8-11,15H2,1-2,4H3;1-5H,6H2;1-2H/b19-7-,20-12+,21-13+;;/t22-,23?;;/m0../s1. The molecule has 2 saturated heterocycles. The number of hydroxylamine groups is 1. The van der Waals surface area contributed by atoms with Gasteiger partial charge in [0.2, 0.25) is 0 Å². The molecule has 1 aliphatic carbocycles. The molecule has 0 aromatic carbocycles. The van der Waals surface area contributed by atoms with Crippen LogP contribution in [0.2, 0.25) is 0 Å².